The van der Waals surface area contributed by atoms with E-state index in [-0.39, 0.29) is 34.9 Å². The van der Waals surface area contributed by atoms with Crippen LogP contribution in [0.15, 0.2) is 35.8 Å². The highest BCUT2D eigenvalue weighted by atomic mass is 32.1. The summed E-state index contributed by atoms with van der Waals surface area (Å²) in [5, 5.41) is 6.39. The number of halogens is 3. The molecule has 42 heavy (non-hydrogen) atoms. The molecule has 6 rings (SSSR count). The number of hydrogen-bond donors (Lipinski definition) is 2. The number of carbonyl (C=O) groups excluding carboxylic acids is 2. The molecule has 2 N–H and O–H groups in total. The molecule has 2 aliphatic heterocycles. The number of pyridine rings is 2. The fraction of sp³-hybridized carbons (Fsp3) is 0.464. The summed E-state index contributed by atoms with van der Waals surface area (Å²) in [6.45, 7) is 4.64. The maximum Gasteiger partial charge on any atom is 0.443 e. The van der Waals surface area contributed by atoms with E-state index in [1.54, 1.807) is 24.4 Å². The second kappa shape index (κ2) is 11.1. The topological polar surface area (TPSA) is 119 Å². The average molecular weight is 603 g/mol. The molecule has 5 heterocycles. The van der Waals surface area contributed by atoms with E-state index >= 15 is 0 Å². The molecule has 3 fully saturated rings. The van der Waals surface area contributed by atoms with Gasteiger partial charge in [-0.15, -0.1) is 11.3 Å². The van der Waals surface area contributed by atoms with Crippen molar-refractivity contribution in [2.24, 2.45) is 5.41 Å². The first-order chi connectivity index (χ1) is 20.1. The summed E-state index contributed by atoms with van der Waals surface area (Å²) < 4.78 is 50.6. The smallest absolute Gasteiger partial charge is 0.443 e. The molecule has 10 nitrogen and oxygen atoms in total. The SMILES string of the molecule is CCOc1ncccc1-c1ccc(OC2CC3(C2)CN(C(=O)c2csc(C(F)(F)F)n2)C3)c(C(=O)NC2CCNC2)n1. The van der Waals surface area contributed by atoms with E-state index in [1.807, 2.05) is 13.0 Å². The zero-order valence-corrected chi connectivity index (χ0v) is 23.6. The lowest BCUT2D eigenvalue weighted by Gasteiger charge is -2.58. The number of amides is 2. The van der Waals surface area contributed by atoms with E-state index in [0.29, 0.717) is 73.3 Å². The number of thiazole rings is 1. The minimum Gasteiger partial charge on any atom is -0.488 e. The average Bonchev–Trinajstić information content (AvgIpc) is 3.62. The van der Waals surface area contributed by atoms with Crippen LogP contribution in [0.5, 0.6) is 11.6 Å². The Balaban J connectivity index is 1.13. The second-order valence-corrected chi connectivity index (χ2v) is 11.7. The fourth-order valence-corrected chi connectivity index (χ4v) is 6.38. The zero-order chi connectivity index (χ0) is 29.5. The van der Waals surface area contributed by atoms with E-state index in [4.69, 9.17) is 9.47 Å². The molecular formula is C28H29F3N6O4S. The summed E-state index contributed by atoms with van der Waals surface area (Å²) >= 11 is 0.418. The van der Waals surface area contributed by atoms with Gasteiger partial charge in [-0.2, -0.15) is 13.2 Å². The summed E-state index contributed by atoms with van der Waals surface area (Å²) in [6, 6.07) is 7.10. The maximum atomic E-state index is 13.4. The highest BCUT2D eigenvalue weighted by Crippen LogP contribution is 2.50. The van der Waals surface area contributed by atoms with Crippen LogP contribution in [0.4, 0.5) is 13.2 Å². The first kappa shape index (κ1) is 28.3. The van der Waals surface area contributed by atoms with Gasteiger partial charge < -0.3 is 25.0 Å². The van der Waals surface area contributed by atoms with Crippen LogP contribution in [0, 0.1) is 5.41 Å². The molecule has 2 amide bonds. The molecule has 1 unspecified atom stereocenters. The van der Waals surface area contributed by atoms with Gasteiger partial charge in [-0.05, 0) is 57.0 Å². The molecule has 0 aromatic carbocycles. The third-order valence-electron chi connectivity index (χ3n) is 7.72. The van der Waals surface area contributed by atoms with Crippen molar-refractivity contribution in [3.63, 3.8) is 0 Å². The summed E-state index contributed by atoms with van der Waals surface area (Å²) in [5.74, 6) is -0.0554. The maximum absolute atomic E-state index is 13.4. The first-order valence-corrected chi connectivity index (χ1v) is 14.6. The lowest BCUT2D eigenvalue weighted by Crippen LogP contribution is -2.65. The number of hydrogen-bond acceptors (Lipinski definition) is 9. The Labute approximate surface area is 243 Å². The molecule has 3 aromatic rings. The van der Waals surface area contributed by atoms with Crippen LogP contribution in [0.2, 0.25) is 0 Å². The lowest BCUT2D eigenvalue weighted by molar-refractivity contribution is -0.137. The highest BCUT2D eigenvalue weighted by molar-refractivity contribution is 7.10. The Kier molecular flexibility index (Phi) is 7.51. The quantitative estimate of drug-likeness (QED) is 0.400. The fourth-order valence-electron chi connectivity index (χ4n) is 5.72. The number of alkyl halides is 3. The van der Waals surface area contributed by atoms with Crippen molar-refractivity contribution < 1.29 is 32.2 Å². The first-order valence-electron chi connectivity index (χ1n) is 13.7. The molecule has 1 saturated carbocycles. The Bertz CT molecular complexity index is 1480. The van der Waals surface area contributed by atoms with Crippen molar-refractivity contribution in [2.75, 3.05) is 32.8 Å². The van der Waals surface area contributed by atoms with Crippen molar-refractivity contribution in [2.45, 2.75) is 44.5 Å². The van der Waals surface area contributed by atoms with Gasteiger partial charge >= 0.3 is 6.18 Å². The second-order valence-electron chi connectivity index (χ2n) is 10.8. The predicted octanol–water partition coefficient (Wildman–Crippen LogP) is 3.79. The van der Waals surface area contributed by atoms with Crippen LogP contribution >= 0.6 is 11.3 Å². The number of aromatic nitrogens is 3. The molecule has 1 spiro atoms. The number of nitrogens with one attached hydrogen (secondary N) is 2. The molecule has 222 valence electrons. The molecular weight excluding hydrogens is 573 g/mol. The van der Waals surface area contributed by atoms with Crippen molar-refractivity contribution in [1.29, 1.82) is 0 Å². The molecule has 1 aliphatic carbocycles. The largest absolute Gasteiger partial charge is 0.488 e. The van der Waals surface area contributed by atoms with Crippen molar-refractivity contribution >= 4 is 23.2 Å². The van der Waals surface area contributed by atoms with Gasteiger partial charge in [0.1, 0.15) is 11.8 Å². The van der Waals surface area contributed by atoms with Gasteiger partial charge in [0.25, 0.3) is 11.8 Å². The number of ether oxygens (including phenoxy) is 2. The van der Waals surface area contributed by atoms with E-state index < -0.39 is 17.1 Å². The van der Waals surface area contributed by atoms with E-state index in [2.05, 4.69) is 25.6 Å². The third-order valence-corrected chi connectivity index (χ3v) is 8.60. The number of carbonyl (C=O) groups is 2. The minimum absolute atomic E-state index is 0.0106. The Morgan fingerprint density at radius 2 is 2.02 bits per heavy atom. The van der Waals surface area contributed by atoms with Crippen LogP contribution in [0.1, 0.15) is 52.2 Å². The van der Waals surface area contributed by atoms with Crippen molar-refractivity contribution in [3.8, 4) is 22.9 Å². The van der Waals surface area contributed by atoms with Crippen LogP contribution in [0.3, 0.4) is 0 Å². The third kappa shape index (κ3) is 5.64. The van der Waals surface area contributed by atoms with Gasteiger partial charge in [0, 0.05) is 42.7 Å². The Morgan fingerprint density at radius 3 is 2.71 bits per heavy atom. The lowest BCUT2D eigenvalue weighted by atomic mass is 9.61. The van der Waals surface area contributed by atoms with Crippen molar-refractivity contribution in [1.82, 2.24) is 30.5 Å². The number of likely N-dealkylation sites (tertiary alicyclic amines) is 1. The van der Waals surface area contributed by atoms with Gasteiger partial charge in [-0.25, -0.2) is 15.0 Å². The van der Waals surface area contributed by atoms with E-state index in [1.165, 1.54) is 4.90 Å². The van der Waals surface area contributed by atoms with Crippen LogP contribution < -0.4 is 20.1 Å². The van der Waals surface area contributed by atoms with Crippen LogP contribution in [-0.2, 0) is 6.18 Å². The molecule has 3 aromatic heterocycles. The van der Waals surface area contributed by atoms with E-state index in [9.17, 15) is 22.8 Å². The normalized spacial score (nSPS) is 19.7. The standard InChI is InChI=1S/C28H29F3N6O4S/c1-2-40-24-18(4-3-8-33-24)19-5-6-21(22(35-19)23(38)34-16-7-9-32-12-16)41-17-10-27(11-17)14-37(15-27)25(39)20-13-42-26(36-20)28(29,30)31/h3-6,8,13,16-17,32H,2,7,9-12,14-15H2,1H3,(H,34,38). The number of rotatable bonds is 8. The Morgan fingerprint density at radius 1 is 1.21 bits per heavy atom. The van der Waals surface area contributed by atoms with Crippen molar-refractivity contribution in [3.05, 3.63) is 52.2 Å². The van der Waals surface area contributed by atoms with Gasteiger partial charge in [0.15, 0.2) is 16.5 Å². The molecule has 1 atom stereocenters. The summed E-state index contributed by atoms with van der Waals surface area (Å²) in [6.07, 6.45) is -1.02. The Hall–Kier alpha value is -3.78. The minimum atomic E-state index is -4.57. The molecule has 2 saturated heterocycles. The molecule has 0 radical (unpaired) electrons. The summed E-state index contributed by atoms with van der Waals surface area (Å²) in [7, 11) is 0. The zero-order valence-electron chi connectivity index (χ0n) is 22.7. The van der Waals surface area contributed by atoms with Crippen LogP contribution in [-0.4, -0.2) is 76.6 Å². The van der Waals surface area contributed by atoms with Gasteiger partial charge in [0.2, 0.25) is 5.88 Å². The summed E-state index contributed by atoms with van der Waals surface area (Å²) in [5.41, 5.74) is 1.02. The highest BCUT2D eigenvalue weighted by Gasteiger charge is 2.55. The van der Waals surface area contributed by atoms with Gasteiger partial charge in [-0.1, -0.05) is 0 Å². The molecule has 3 aliphatic rings. The monoisotopic (exact) mass is 602 g/mol. The molecule has 14 heteroatoms. The van der Waals surface area contributed by atoms with E-state index in [0.717, 1.165) is 18.3 Å². The van der Waals surface area contributed by atoms with Gasteiger partial charge in [-0.3, -0.25) is 9.59 Å². The van der Waals surface area contributed by atoms with Gasteiger partial charge in [0.05, 0.1) is 17.9 Å². The molecule has 0 bridgehead atoms. The summed E-state index contributed by atoms with van der Waals surface area (Å²) in [4.78, 5) is 40.0. The predicted molar refractivity (Wildman–Crippen MR) is 146 cm³/mol. The number of nitrogens with zero attached hydrogens (tertiary/aromatic N) is 4. The van der Waals surface area contributed by atoms with Crippen LogP contribution in [0.25, 0.3) is 11.3 Å².